The zero-order chi connectivity index (χ0) is 19.5. The topological polar surface area (TPSA) is 50.7 Å². The molecule has 4 rings (SSSR count). The van der Waals surface area contributed by atoms with Crippen LogP contribution in [0.5, 0.6) is 0 Å². The summed E-state index contributed by atoms with van der Waals surface area (Å²) in [6.45, 7) is 0. The molecule has 0 bridgehead atoms. The number of oxime groups is 1. The molecule has 28 heavy (non-hydrogen) atoms. The van der Waals surface area contributed by atoms with Crippen LogP contribution in [0.4, 0.5) is 10.1 Å². The quantitative estimate of drug-likeness (QED) is 0.654. The van der Waals surface area contributed by atoms with Crippen LogP contribution >= 0.6 is 11.6 Å². The van der Waals surface area contributed by atoms with Crippen molar-refractivity contribution in [2.75, 3.05) is 5.32 Å². The summed E-state index contributed by atoms with van der Waals surface area (Å²) in [5.41, 5.74) is 3.29. The van der Waals surface area contributed by atoms with Crippen LogP contribution in [0.2, 0.25) is 5.02 Å². The maximum absolute atomic E-state index is 14.0. The van der Waals surface area contributed by atoms with Crippen molar-refractivity contribution in [2.24, 2.45) is 5.16 Å². The van der Waals surface area contributed by atoms with Crippen LogP contribution in [-0.4, -0.2) is 17.7 Å². The molecule has 1 aliphatic rings. The van der Waals surface area contributed by atoms with Gasteiger partial charge in [-0.3, -0.25) is 4.79 Å². The molecular formula is C22H16ClFN2O2. The number of rotatable bonds is 4. The number of benzene rings is 3. The van der Waals surface area contributed by atoms with Gasteiger partial charge in [-0.25, -0.2) is 4.39 Å². The summed E-state index contributed by atoms with van der Waals surface area (Å²) in [6, 6.07) is 21.8. The van der Waals surface area contributed by atoms with Gasteiger partial charge in [0.1, 0.15) is 5.82 Å². The van der Waals surface area contributed by atoms with E-state index in [-0.39, 0.29) is 22.9 Å². The second-order valence-corrected chi connectivity index (χ2v) is 6.77. The van der Waals surface area contributed by atoms with Crippen LogP contribution in [0.15, 0.2) is 78.0 Å². The first-order valence-electron chi connectivity index (χ1n) is 8.75. The zero-order valence-corrected chi connectivity index (χ0v) is 15.5. The zero-order valence-electron chi connectivity index (χ0n) is 14.7. The summed E-state index contributed by atoms with van der Waals surface area (Å²) in [5, 5.41) is 6.89. The van der Waals surface area contributed by atoms with Gasteiger partial charge in [0.15, 0.2) is 0 Å². The second-order valence-electron chi connectivity index (χ2n) is 6.37. The van der Waals surface area contributed by atoms with E-state index >= 15 is 0 Å². The number of hydrogen-bond donors (Lipinski definition) is 1. The van der Waals surface area contributed by atoms with E-state index in [0.29, 0.717) is 11.4 Å². The molecule has 1 N–H and O–H groups in total. The van der Waals surface area contributed by atoms with Crippen LogP contribution < -0.4 is 5.32 Å². The van der Waals surface area contributed by atoms with Gasteiger partial charge >= 0.3 is 0 Å². The highest BCUT2D eigenvalue weighted by Crippen LogP contribution is 2.26. The number of carbonyl (C=O) groups is 1. The molecule has 3 aromatic rings. The molecule has 0 saturated carbocycles. The van der Waals surface area contributed by atoms with E-state index in [1.165, 1.54) is 12.1 Å². The first kappa shape index (κ1) is 18.2. The summed E-state index contributed by atoms with van der Waals surface area (Å²) in [7, 11) is 0. The Labute approximate surface area is 166 Å². The van der Waals surface area contributed by atoms with Gasteiger partial charge in [-0.05, 0) is 35.4 Å². The minimum Gasteiger partial charge on any atom is -0.382 e. The standard InChI is InChI=1S/C22H16ClFN2O2/c23-17-7-4-8-18(24)21(17)19-13-20(28-26-19)22(27)25-16-11-9-15(10-12-16)14-5-2-1-3-6-14/h1-12,20H,13H2,(H,25,27)/t20-/m0/s1. The minimum absolute atomic E-state index is 0.147. The van der Waals surface area contributed by atoms with E-state index in [1.54, 1.807) is 6.07 Å². The number of nitrogens with zero attached hydrogens (tertiary/aromatic N) is 1. The lowest BCUT2D eigenvalue weighted by molar-refractivity contribution is -0.125. The van der Waals surface area contributed by atoms with E-state index in [2.05, 4.69) is 10.5 Å². The number of halogens is 2. The molecule has 4 nitrogen and oxygen atoms in total. The maximum Gasteiger partial charge on any atom is 0.268 e. The molecule has 0 fully saturated rings. The first-order valence-corrected chi connectivity index (χ1v) is 9.13. The molecular weight excluding hydrogens is 379 g/mol. The Morgan fingerprint density at radius 3 is 2.43 bits per heavy atom. The Hall–Kier alpha value is -3.18. The smallest absolute Gasteiger partial charge is 0.268 e. The lowest BCUT2D eigenvalue weighted by atomic mass is 10.0. The van der Waals surface area contributed by atoms with Crippen molar-refractivity contribution >= 4 is 28.9 Å². The Bertz CT molecular complexity index is 1020. The SMILES string of the molecule is O=C(Nc1ccc(-c2ccccc2)cc1)[C@@H]1CC(c2c(F)cccc2Cl)=NO1. The average molecular weight is 395 g/mol. The van der Waals surface area contributed by atoms with E-state index in [1.807, 2.05) is 54.6 Å². The van der Waals surface area contributed by atoms with Crippen molar-refractivity contribution in [2.45, 2.75) is 12.5 Å². The Morgan fingerprint density at radius 2 is 1.71 bits per heavy atom. The highest BCUT2D eigenvalue weighted by Gasteiger charge is 2.31. The van der Waals surface area contributed by atoms with Gasteiger partial charge in [-0.2, -0.15) is 0 Å². The predicted molar refractivity (Wildman–Crippen MR) is 108 cm³/mol. The van der Waals surface area contributed by atoms with E-state index in [4.69, 9.17) is 16.4 Å². The fourth-order valence-corrected chi connectivity index (χ4v) is 3.31. The Kier molecular flexibility index (Phi) is 5.08. The summed E-state index contributed by atoms with van der Waals surface area (Å²) in [4.78, 5) is 17.7. The summed E-state index contributed by atoms with van der Waals surface area (Å²) < 4.78 is 14.0. The summed E-state index contributed by atoms with van der Waals surface area (Å²) >= 11 is 6.06. The van der Waals surface area contributed by atoms with E-state index in [0.717, 1.165) is 11.1 Å². The molecule has 140 valence electrons. The predicted octanol–water partition coefficient (Wildman–Crippen LogP) is 5.28. The van der Waals surface area contributed by atoms with Crippen LogP contribution in [-0.2, 0) is 9.63 Å². The average Bonchev–Trinajstić information content (AvgIpc) is 3.19. The summed E-state index contributed by atoms with van der Waals surface area (Å²) in [6.07, 6.45) is -0.686. The number of hydrogen-bond acceptors (Lipinski definition) is 3. The largest absolute Gasteiger partial charge is 0.382 e. The third kappa shape index (κ3) is 3.75. The Balaban J connectivity index is 1.41. The fourth-order valence-electron chi connectivity index (χ4n) is 3.04. The van der Waals surface area contributed by atoms with Gasteiger partial charge in [0, 0.05) is 12.1 Å². The molecule has 1 heterocycles. The van der Waals surface area contributed by atoms with Crippen LogP contribution in [0, 0.1) is 5.82 Å². The molecule has 0 unspecified atom stereocenters. The van der Waals surface area contributed by atoms with E-state index in [9.17, 15) is 9.18 Å². The lowest BCUT2D eigenvalue weighted by Crippen LogP contribution is -2.28. The normalized spacial score (nSPS) is 15.6. The molecule has 0 spiro atoms. The van der Waals surface area contributed by atoms with Crippen molar-refractivity contribution in [1.29, 1.82) is 0 Å². The molecule has 6 heteroatoms. The highest BCUT2D eigenvalue weighted by molar-refractivity contribution is 6.34. The summed E-state index contributed by atoms with van der Waals surface area (Å²) in [5.74, 6) is -0.842. The molecule has 1 amide bonds. The van der Waals surface area contributed by atoms with Gasteiger partial charge in [-0.1, -0.05) is 65.3 Å². The molecule has 0 saturated heterocycles. The van der Waals surface area contributed by atoms with E-state index < -0.39 is 11.9 Å². The first-order chi connectivity index (χ1) is 13.6. The lowest BCUT2D eigenvalue weighted by Gasteiger charge is -2.10. The number of nitrogens with one attached hydrogen (secondary N) is 1. The molecule has 3 aromatic carbocycles. The number of amides is 1. The van der Waals surface area contributed by atoms with Crippen molar-refractivity contribution in [1.82, 2.24) is 0 Å². The molecule has 0 radical (unpaired) electrons. The van der Waals surface area contributed by atoms with Gasteiger partial charge in [0.05, 0.1) is 16.3 Å². The number of carbonyl (C=O) groups excluding carboxylic acids is 1. The third-order valence-corrected chi connectivity index (χ3v) is 4.79. The Morgan fingerprint density at radius 1 is 1.00 bits per heavy atom. The fraction of sp³-hybridized carbons (Fsp3) is 0.0909. The van der Waals surface area contributed by atoms with Gasteiger partial charge in [0.25, 0.3) is 5.91 Å². The van der Waals surface area contributed by atoms with Gasteiger partial charge in [0.2, 0.25) is 6.10 Å². The monoisotopic (exact) mass is 394 g/mol. The molecule has 1 aliphatic heterocycles. The van der Waals surface area contributed by atoms with Crippen LogP contribution in [0.25, 0.3) is 11.1 Å². The van der Waals surface area contributed by atoms with Crippen LogP contribution in [0.3, 0.4) is 0 Å². The van der Waals surface area contributed by atoms with Crippen molar-refractivity contribution in [3.8, 4) is 11.1 Å². The van der Waals surface area contributed by atoms with Gasteiger partial charge in [-0.15, -0.1) is 0 Å². The minimum atomic E-state index is -0.834. The molecule has 0 aliphatic carbocycles. The molecule has 0 aromatic heterocycles. The third-order valence-electron chi connectivity index (χ3n) is 4.47. The van der Waals surface area contributed by atoms with Crippen molar-refractivity contribution < 1.29 is 14.0 Å². The van der Waals surface area contributed by atoms with Crippen LogP contribution in [0.1, 0.15) is 12.0 Å². The highest BCUT2D eigenvalue weighted by atomic mass is 35.5. The molecule has 1 atom stereocenters. The van der Waals surface area contributed by atoms with Gasteiger partial charge < -0.3 is 10.2 Å². The second kappa shape index (κ2) is 7.82. The van der Waals surface area contributed by atoms with Crippen molar-refractivity contribution in [3.05, 3.63) is 89.2 Å². The van der Waals surface area contributed by atoms with Crippen molar-refractivity contribution in [3.63, 3.8) is 0 Å². The number of anilines is 1. The maximum atomic E-state index is 14.0.